The van der Waals surface area contributed by atoms with Gasteiger partial charge in [-0.1, -0.05) is 20.3 Å². The van der Waals surface area contributed by atoms with Gasteiger partial charge in [0.05, 0.1) is 6.10 Å². The minimum atomic E-state index is 0.502. The molecule has 1 fully saturated rings. The summed E-state index contributed by atoms with van der Waals surface area (Å²) in [6.07, 6.45) is 6.94. The Hall–Kier alpha value is -0.120. The van der Waals surface area contributed by atoms with Crippen LogP contribution >= 0.6 is 0 Å². The molecule has 1 heterocycles. The largest absolute Gasteiger partial charge is 0.377 e. The lowest BCUT2D eigenvalue weighted by Crippen LogP contribution is -2.29. The van der Waals surface area contributed by atoms with Crippen LogP contribution in [0.3, 0.4) is 0 Å². The summed E-state index contributed by atoms with van der Waals surface area (Å²) in [5, 5.41) is 3.46. The van der Waals surface area contributed by atoms with E-state index in [2.05, 4.69) is 31.1 Å². The van der Waals surface area contributed by atoms with E-state index >= 15 is 0 Å². The highest BCUT2D eigenvalue weighted by Crippen LogP contribution is 2.12. The summed E-state index contributed by atoms with van der Waals surface area (Å²) < 4.78 is 5.64. The molecule has 17 heavy (non-hydrogen) atoms. The molecule has 0 saturated carbocycles. The van der Waals surface area contributed by atoms with Gasteiger partial charge in [-0.15, -0.1) is 0 Å². The summed E-state index contributed by atoms with van der Waals surface area (Å²) in [5.74, 6) is 0. The minimum absolute atomic E-state index is 0.502. The molecule has 0 aliphatic carbocycles. The highest BCUT2D eigenvalue weighted by atomic mass is 16.5. The third-order valence-electron chi connectivity index (χ3n) is 3.31. The van der Waals surface area contributed by atoms with Gasteiger partial charge in [0.25, 0.3) is 0 Å². The van der Waals surface area contributed by atoms with E-state index in [9.17, 15) is 0 Å². The third kappa shape index (κ3) is 7.74. The second kappa shape index (κ2) is 8.90. The van der Waals surface area contributed by atoms with Gasteiger partial charge >= 0.3 is 0 Å². The highest BCUT2D eigenvalue weighted by Gasteiger charge is 2.16. The van der Waals surface area contributed by atoms with Crippen LogP contribution in [0.4, 0.5) is 0 Å². The van der Waals surface area contributed by atoms with E-state index in [1.165, 1.54) is 38.6 Å². The second-order valence-corrected chi connectivity index (χ2v) is 5.57. The summed E-state index contributed by atoms with van der Waals surface area (Å²) in [6, 6.07) is 0.622. The Kier molecular flexibility index (Phi) is 7.82. The quantitative estimate of drug-likeness (QED) is 0.628. The Balaban J connectivity index is 1.87. The topological polar surface area (TPSA) is 24.5 Å². The van der Waals surface area contributed by atoms with Crippen molar-refractivity contribution in [1.82, 2.24) is 10.2 Å². The van der Waals surface area contributed by atoms with E-state index < -0.39 is 0 Å². The SMILES string of the molecule is CC(C)NCCCCCN(C)CC1CCCO1. The maximum Gasteiger partial charge on any atom is 0.0702 e. The van der Waals surface area contributed by atoms with Crippen LogP contribution in [0.2, 0.25) is 0 Å². The molecule has 0 spiro atoms. The van der Waals surface area contributed by atoms with Crippen LogP contribution in [0.1, 0.15) is 46.0 Å². The molecule has 3 nitrogen and oxygen atoms in total. The Bertz CT molecular complexity index is 179. The van der Waals surface area contributed by atoms with Gasteiger partial charge in [-0.25, -0.2) is 0 Å². The van der Waals surface area contributed by atoms with Gasteiger partial charge in [-0.3, -0.25) is 0 Å². The van der Waals surface area contributed by atoms with E-state index in [0.29, 0.717) is 12.1 Å². The molecular weight excluding hydrogens is 212 g/mol. The van der Waals surface area contributed by atoms with Crippen molar-refractivity contribution < 1.29 is 4.74 Å². The smallest absolute Gasteiger partial charge is 0.0702 e. The molecule has 1 aliphatic heterocycles. The number of hydrogen-bond acceptors (Lipinski definition) is 3. The third-order valence-corrected chi connectivity index (χ3v) is 3.31. The minimum Gasteiger partial charge on any atom is -0.377 e. The normalized spacial score (nSPS) is 20.6. The molecule has 102 valence electrons. The lowest BCUT2D eigenvalue weighted by molar-refractivity contribution is 0.0807. The second-order valence-electron chi connectivity index (χ2n) is 5.57. The Morgan fingerprint density at radius 2 is 2.12 bits per heavy atom. The predicted molar refractivity (Wildman–Crippen MR) is 73.5 cm³/mol. The molecule has 1 saturated heterocycles. The van der Waals surface area contributed by atoms with Crippen molar-refractivity contribution in [3.05, 3.63) is 0 Å². The first kappa shape index (κ1) is 14.9. The van der Waals surface area contributed by atoms with Crippen molar-refractivity contribution in [2.75, 3.05) is 33.3 Å². The first-order chi connectivity index (χ1) is 8.18. The molecule has 1 N–H and O–H groups in total. The zero-order valence-corrected chi connectivity index (χ0v) is 11.9. The van der Waals surface area contributed by atoms with E-state index in [0.717, 1.165) is 19.7 Å². The van der Waals surface area contributed by atoms with Crippen molar-refractivity contribution in [3.8, 4) is 0 Å². The Morgan fingerprint density at radius 1 is 1.29 bits per heavy atom. The van der Waals surface area contributed by atoms with Crippen molar-refractivity contribution in [2.45, 2.75) is 58.1 Å². The molecule has 1 rings (SSSR count). The molecule has 1 aliphatic rings. The number of ether oxygens (including phenoxy) is 1. The number of likely N-dealkylation sites (N-methyl/N-ethyl adjacent to an activating group) is 1. The molecule has 0 aromatic carbocycles. The summed E-state index contributed by atoms with van der Waals surface area (Å²) in [6.45, 7) is 8.86. The van der Waals surface area contributed by atoms with E-state index in [1.54, 1.807) is 0 Å². The molecule has 1 unspecified atom stereocenters. The number of unbranched alkanes of at least 4 members (excludes halogenated alkanes) is 2. The first-order valence-electron chi connectivity index (χ1n) is 7.22. The lowest BCUT2D eigenvalue weighted by atomic mass is 10.2. The molecule has 0 aromatic rings. The number of nitrogens with zero attached hydrogens (tertiary/aromatic N) is 1. The van der Waals surface area contributed by atoms with Crippen LogP contribution in [0.5, 0.6) is 0 Å². The Labute approximate surface area is 107 Å². The van der Waals surface area contributed by atoms with Gasteiger partial charge < -0.3 is 15.0 Å². The summed E-state index contributed by atoms with van der Waals surface area (Å²) >= 11 is 0. The molecule has 1 atom stereocenters. The van der Waals surface area contributed by atoms with Gasteiger partial charge in [-0.05, 0) is 45.8 Å². The van der Waals surface area contributed by atoms with Crippen LogP contribution in [-0.2, 0) is 4.74 Å². The maximum atomic E-state index is 5.64. The standard InChI is InChI=1S/C14H30N2O/c1-13(2)15-9-5-4-6-10-16(3)12-14-8-7-11-17-14/h13-15H,4-12H2,1-3H3. The highest BCUT2D eigenvalue weighted by molar-refractivity contribution is 4.68. The monoisotopic (exact) mass is 242 g/mol. The number of nitrogens with one attached hydrogen (secondary N) is 1. The molecule has 0 amide bonds. The van der Waals surface area contributed by atoms with Crippen LogP contribution in [0, 0.1) is 0 Å². The van der Waals surface area contributed by atoms with Crippen LogP contribution in [0.15, 0.2) is 0 Å². The van der Waals surface area contributed by atoms with E-state index in [4.69, 9.17) is 4.74 Å². The first-order valence-corrected chi connectivity index (χ1v) is 7.22. The average molecular weight is 242 g/mol. The van der Waals surface area contributed by atoms with Crippen molar-refractivity contribution >= 4 is 0 Å². The van der Waals surface area contributed by atoms with Gasteiger partial charge in [-0.2, -0.15) is 0 Å². The van der Waals surface area contributed by atoms with Crippen LogP contribution in [-0.4, -0.2) is 50.3 Å². The van der Waals surface area contributed by atoms with Gasteiger partial charge in [0.15, 0.2) is 0 Å². The van der Waals surface area contributed by atoms with E-state index in [-0.39, 0.29) is 0 Å². The fourth-order valence-electron chi connectivity index (χ4n) is 2.30. The molecular formula is C14H30N2O. The fourth-order valence-corrected chi connectivity index (χ4v) is 2.30. The van der Waals surface area contributed by atoms with Crippen LogP contribution in [0.25, 0.3) is 0 Å². The van der Waals surface area contributed by atoms with Gasteiger partial charge in [0.2, 0.25) is 0 Å². The molecule has 0 aromatic heterocycles. The maximum absolute atomic E-state index is 5.64. The predicted octanol–water partition coefficient (Wildman–Crippen LogP) is 2.27. The summed E-state index contributed by atoms with van der Waals surface area (Å²) in [4.78, 5) is 2.42. The fraction of sp³-hybridized carbons (Fsp3) is 1.00. The van der Waals surface area contributed by atoms with Crippen LogP contribution < -0.4 is 5.32 Å². The number of hydrogen-bond donors (Lipinski definition) is 1. The van der Waals surface area contributed by atoms with Crippen molar-refractivity contribution in [2.24, 2.45) is 0 Å². The zero-order chi connectivity index (χ0) is 12.5. The Morgan fingerprint density at radius 3 is 2.76 bits per heavy atom. The lowest BCUT2D eigenvalue weighted by Gasteiger charge is -2.20. The van der Waals surface area contributed by atoms with E-state index in [1.807, 2.05) is 0 Å². The molecule has 0 radical (unpaired) electrons. The van der Waals surface area contributed by atoms with Gasteiger partial charge in [0.1, 0.15) is 0 Å². The average Bonchev–Trinajstić information content (AvgIpc) is 2.75. The van der Waals surface area contributed by atoms with Crippen molar-refractivity contribution in [3.63, 3.8) is 0 Å². The summed E-state index contributed by atoms with van der Waals surface area (Å²) in [7, 11) is 2.22. The molecule has 0 bridgehead atoms. The summed E-state index contributed by atoms with van der Waals surface area (Å²) in [5.41, 5.74) is 0. The van der Waals surface area contributed by atoms with Crippen molar-refractivity contribution in [1.29, 1.82) is 0 Å². The zero-order valence-electron chi connectivity index (χ0n) is 11.9. The number of rotatable bonds is 9. The molecule has 3 heteroatoms. The van der Waals surface area contributed by atoms with Gasteiger partial charge in [0, 0.05) is 19.2 Å².